The van der Waals surface area contributed by atoms with Gasteiger partial charge in [0.1, 0.15) is 0 Å². The third kappa shape index (κ3) is 4.34. The summed E-state index contributed by atoms with van der Waals surface area (Å²) in [5, 5.41) is 0.529. The SMILES string of the molecule is CC[C@@H](C)N1C(=O)S/C(=C/c2ccc(Sc3ccc(Cl)cc3)cc2)C1=O. The van der Waals surface area contributed by atoms with Crippen LogP contribution in [0.5, 0.6) is 0 Å². The summed E-state index contributed by atoms with van der Waals surface area (Å²) in [4.78, 5) is 28.6. The molecule has 1 atom stereocenters. The van der Waals surface area contributed by atoms with Gasteiger partial charge in [0.05, 0.1) is 4.91 Å². The van der Waals surface area contributed by atoms with E-state index in [0.29, 0.717) is 4.91 Å². The molecule has 26 heavy (non-hydrogen) atoms. The molecule has 1 heterocycles. The Balaban J connectivity index is 1.73. The van der Waals surface area contributed by atoms with Crippen LogP contribution in [0.1, 0.15) is 25.8 Å². The van der Waals surface area contributed by atoms with Gasteiger partial charge in [0.15, 0.2) is 0 Å². The lowest BCUT2D eigenvalue weighted by molar-refractivity contribution is -0.124. The normalized spacial score (nSPS) is 17.2. The molecule has 2 amide bonds. The maximum Gasteiger partial charge on any atom is 0.293 e. The van der Waals surface area contributed by atoms with Crippen molar-refractivity contribution in [2.24, 2.45) is 0 Å². The van der Waals surface area contributed by atoms with Gasteiger partial charge in [-0.1, -0.05) is 42.4 Å². The highest BCUT2D eigenvalue weighted by atomic mass is 35.5. The third-order valence-corrected chi connectivity index (χ3v) is 6.23. The summed E-state index contributed by atoms with van der Waals surface area (Å²) < 4.78 is 0. The molecule has 0 unspecified atom stereocenters. The fourth-order valence-electron chi connectivity index (χ4n) is 2.46. The predicted molar refractivity (Wildman–Crippen MR) is 110 cm³/mol. The topological polar surface area (TPSA) is 37.4 Å². The van der Waals surface area contributed by atoms with Crippen molar-refractivity contribution >= 4 is 52.3 Å². The zero-order valence-corrected chi connectivity index (χ0v) is 16.8. The highest BCUT2D eigenvalue weighted by Crippen LogP contribution is 2.34. The third-order valence-electron chi connectivity index (χ3n) is 4.08. The predicted octanol–water partition coefficient (Wildman–Crippen LogP) is 6.33. The van der Waals surface area contributed by atoms with Crippen LogP contribution in [-0.4, -0.2) is 22.1 Å². The summed E-state index contributed by atoms with van der Waals surface area (Å²) in [6.07, 6.45) is 2.53. The fraction of sp³-hybridized carbons (Fsp3) is 0.200. The van der Waals surface area contributed by atoms with Gasteiger partial charge in [0, 0.05) is 20.9 Å². The largest absolute Gasteiger partial charge is 0.293 e. The number of nitrogens with zero attached hydrogens (tertiary/aromatic N) is 1. The van der Waals surface area contributed by atoms with Gasteiger partial charge in [-0.2, -0.15) is 0 Å². The zero-order valence-electron chi connectivity index (χ0n) is 14.4. The number of benzene rings is 2. The molecular weight excluding hydrogens is 386 g/mol. The van der Waals surface area contributed by atoms with Crippen molar-refractivity contribution in [3.63, 3.8) is 0 Å². The standard InChI is InChI=1S/C20H18ClNO2S2/c1-3-13(2)22-19(23)18(26-20(22)24)12-14-4-8-16(9-5-14)25-17-10-6-15(21)7-11-17/h4-13H,3H2,1-2H3/b18-12+/t13-/m1/s1. The molecule has 0 N–H and O–H groups in total. The molecule has 0 aliphatic carbocycles. The van der Waals surface area contributed by atoms with Crippen LogP contribution in [0.15, 0.2) is 63.2 Å². The van der Waals surface area contributed by atoms with Crippen molar-refractivity contribution in [3.8, 4) is 0 Å². The number of amides is 2. The maximum absolute atomic E-state index is 12.5. The van der Waals surface area contributed by atoms with E-state index in [1.807, 2.05) is 62.4 Å². The van der Waals surface area contributed by atoms with Crippen LogP contribution in [0.25, 0.3) is 6.08 Å². The average molecular weight is 404 g/mol. The summed E-state index contributed by atoms with van der Waals surface area (Å²) in [6, 6.07) is 15.5. The Morgan fingerprint density at radius 1 is 1.08 bits per heavy atom. The van der Waals surface area contributed by atoms with Crippen LogP contribution >= 0.6 is 35.1 Å². The van der Waals surface area contributed by atoms with Crippen LogP contribution in [0.3, 0.4) is 0 Å². The number of halogens is 1. The molecule has 6 heteroatoms. The van der Waals surface area contributed by atoms with Crippen molar-refractivity contribution in [2.75, 3.05) is 0 Å². The summed E-state index contributed by atoms with van der Waals surface area (Å²) in [7, 11) is 0. The van der Waals surface area contributed by atoms with E-state index in [4.69, 9.17) is 11.6 Å². The molecular formula is C20H18ClNO2S2. The second-order valence-electron chi connectivity index (χ2n) is 5.93. The Morgan fingerprint density at radius 3 is 2.23 bits per heavy atom. The van der Waals surface area contributed by atoms with Crippen molar-refractivity contribution in [2.45, 2.75) is 36.1 Å². The van der Waals surface area contributed by atoms with Gasteiger partial charge in [-0.3, -0.25) is 14.5 Å². The molecule has 1 saturated heterocycles. The first-order valence-corrected chi connectivity index (χ1v) is 10.3. The lowest BCUT2D eigenvalue weighted by Crippen LogP contribution is -2.36. The number of thioether (sulfide) groups is 1. The van der Waals surface area contributed by atoms with Gasteiger partial charge in [-0.15, -0.1) is 0 Å². The Morgan fingerprint density at radius 2 is 1.65 bits per heavy atom. The van der Waals surface area contributed by atoms with Crippen molar-refractivity contribution in [1.82, 2.24) is 4.90 Å². The van der Waals surface area contributed by atoms with Crippen molar-refractivity contribution in [3.05, 3.63) is 64.0 Å². The fourth-order valence-corrected chi connectivity index (χ4v) is 4.34. The molecule has 1 aliphatic rings. The molecule has 134 valence electrons. The molecule has 3 nitrogen and oxygen atoms in total. The Bertz CT molecular complexity index is 847. The van der Waals surface area contributed by atoms with Crippen LogP contribution < -0.4 is 0 Å². The maximum atomic E-state index is 12.5. The number of hydrogen-bond acceptors (Lipinski definition) is 4. The first-order valence-electron chi connectivity index (χ1n) is 8.28. The molecule has 1 fully saturated rings. The van der Waals surface area contributed by atoms with Crippen LogP contribution in [-0.2, 0) is 4.79 Å². The smallest absolute Gasteiger partial charge is 0.268 e. The number of carbonyl (C=O) groups excluding carboxylic acids is 2. The van der Waals surface area contributed by atoms with Gasteiger partial charge < -0.3 is 0 Å². The summed E-state index contributed by atoms with van der Waals surface area (Å²) >= 11 is 8.56. The molecule has 3 rings (SSSR count). The first-order chi connectivity index (χ1) is 12.5. The van der Waals surface area contributed by atoms with E-state index in [1.165, 1.54) is 4.90 Å². The Labute approximate surface area is 166 Å². The van der Waals surface area contributed by atoms with E-state index in [2.05, 4.69) is 0 Å². The van der Waals surface area contributed by atoms with E-state index in [1.54, 1.807) is 17.8 Å². The number of rotatable bonds is 5. The minimum Gasteiger partial charge on any atom is -0.268 e. The van der Waals surface area contributed by atoms with Crippen LogP contribution in [0, 0.1) is 0 Å². The molecule has 2 aromatic carbocycles. The molecule has 0 spiro atoms. The highest BCUT2D eigenvalue weighted by molar-refractivity contribution is 8.18. The Kier molecular flexibility index (Phi) is 6.12. The molecule has 2 aromatic rings. The van der Waals surface area contributed by atoms with E-state index >= 15 is 0 Å². The van der Waals surface area contributed by atoms with Gasteiger partial charge >= 0.3 is 0 Å². The van der Waals surface area contributed by atoms with Gasteiger partial charge in [0.25, 0.3) is 11.1 Å². The molecule has 0 radical (unpaired) electrons. The molecule has 0 saturated carbocycles. The van der Waals surface area contributed by atoms with E-state index in [9.17, 15) is 9.59 Å². The second kappa shape index (κ2) is 8.33. The minimum absolute atomic E-state index is 0.0773. The van der Waals surface area contributed by atoms with Crippen molar-refractivity contribution in [1.29, 1.82) is 0 Å². The lowest BCUT2D eigenvalue weighted by Gasteiger charge is -2.19. The zero-order chi connectivity index (χ0) is 18.7. The minimum atomic E-state index is -0.200. The lowest BCUT2D eigenvalue weighted by atomic mass is 10.2. The highest BCUT2D eigenvalue weighted by Gasteiger charge is 2.37. The van der Waals surface area contributed by atoms with Gasteiger partial charge in [-0.05, 0) is 73.1 Å². The monoisotopic (exact) mass is 403 g/mol. The number of hydrogen-bond donors (Lipinski definition) is 0. The average Bonchev–Trinajstić information content (AvgIpc) is 2.91. The number of carbonyl (C=O) groups is 2. The van der Waals surface area contributed by atoms with E-state index in [0.717, 1.165) is 38.6 Å². The second-order valence-corrected chi connectivity index (χ2v) is 8.51. The summed E-state index contributed by atoms with van der Waals surface area (Å²) in [5.41, 5.74) is 0.903. The summed E-state index contributed by atoms with van der Waals surface area (Å²) in [5.74, 6) is -0.200. The number of imide groups is 1. The molecule has 0 aromatic heterocycles. The first kappa shape index (κ1) is 19.1. The molecule has 1 aliphatic heterocycles. The summed E-state index contributed by atoms with van der Waals surface area (Å²) in [6.45, 7) is 3.86. The van der Waals surface area contributed by atoms with E-state index < -0.39 is 0 Å². The molecule has 0 bridgehead atoms. The van der Waals surface area contributed by atoms with Gasteiger partial charge in [-0.25, -0.2) is 0 Å². The van der Waals surface area contributed by atoms with Crippen LogP contribution in [0.4, 0.5) is 4.79 Å². The Hall–Kier alpha value is -1.69. The van der Waals surface area contributed by atoms with Crippen molar-refractivity contribution < 1.29 is 9.59 Å². The van der Waals surface area contributed by atoms with E-state index in [-0.39, 0.29) is 17.2 Å². The quantitative estimate of drug-likeness (QED) is 0.547. The van der Waals surface area contributed by atoms with Gasteiger partial charge in [0.2, 0.25) is 0 Å². The van der Waals surface area contributed by atoms with Crippen LogP contribution in [0.2, 0.25) is 5.02 Å².